The van der Waals surface area contributed by atoms with E-state index in [1.165, 1.54) is 0 Å². The highest BCUT2D eigenvalue weighted by atomic mass is 16.5. The molecule has 0 aliphatic carbocycles. The van der Waals surface area contributed by atoms with E-state index in [0.29, 0.717) is 12.2 Å². The zero-order valence-electron chi connectivity index (χ0n) is 15.9. The van der Waals surface area contributed by atoms with Crippen LogP contribution in [-0.2, 0) is 0 Å². The molecule has 0 spiro atoms. The average molecular weight is 381 g/mol. The quantitative estimate of drug-likeness (QED) is 0.535. The fourth-order valence-corrected chi connectivity index (χ4v) is 3.83. The molecule has 4 aromatic rings. The van der Waals surface area contributed by atoms with Crippen LogP contribution in [0.1, 0.15) is 29.3 Å². The lowest BCUT2D eigenvalue weighted by atomic mass is 9.98. The molecule has 0 fully saturated rings. The first-order chi connectivity index (χ1) is 14.2. The van der Waals surface area contributed by atoms with Crippen LogP contribution in [0.25, 0.3) is 22.2 Å². The van der Waals surface area contributed by atoms with Gasteiger partial charge in [0, 0.05) is 40.5 Å². The van der Waals surface area contributed by atoms with E-state index >= 15 is 0 Å². The maximum Gasteiger partial charge on any atom is 0.125 e. The van der Waals surface area contributed by atoms with Gasteiger partial charge in [0.2, 0.25) is 0 Å². The summed E-state index contributed by atoms with van der Waals surface area (Å²) in [6, 6.07) is 18.2. The van der Waals surface area contributed by atoms with Gasteiger partial charge < -0.3 is 10.1 Å². The Kier molecular flexibility index (Phi) is 4.14. The predicted octanol–water partition coefficient (Wildman–Crippen LogP) is 4.74. The zero-order valence-corrected chi connectivity index (χ0v) is 15.9. The van der Waals surface area contributed by atoms with E-state index in [1.54, 1.807) is 0 Å². The molecule has 0 bridgehead atoms. The highest BCUT2D eigenvalue weighted by molar-refractivity contribution is 5.94. The number of hydrogen-bond donors (Lipinski definition) is 2. The van der Waals surface area contributed by atoms with E-state index in [0.717, 1.165) is 51.3 Å². The molecule has 0 saturated heterocycles. The lowest BCUT2D eigenvalue weighted by Gasteiger charge is -2.27. The Morgan fingerprint density at radius 2 is 2.10 bits per heavy atom. The summed E-state index contributed by atoms with van der Waals surface area (Å²) in [6.07, 6.45) is 2.67. The molecule has 3 heterocycles. The first-order valence-electron chi connectivity index (χ1n) is 9.56. The molecule has 0 saturated carbocycles. The molecule has 0 radical (unpaired) electrons. The van der Waals surface area contributed by atoms with Gasteiger partial charge in [-0.2, -0.15) is 10.4 Å². The number of aromatic nitrogens is 3. The minimum atomic E-state index is 0.127. The van der Waals surface area contributed by atoms with Crippen molar-refractivity contribution in [3.05, 3.63) is 71.5 Å². The van der Waals surface area contributed by atoms with E-state index < -0.39 is 0 Å². The van der Waals surface area contributed by atoms with Gasteiger partial charge in [-0.05, 0) is 49.4 Å². The smallest absolute Gasteiger partial charge is 0.125 e. The lowest BCUT2D eigenvalue weighted by molar-refractivity contribution is 0.274. The molecule has 2 aromatic heterocycles. The Morgan fingerprint density at radius 1 is 1.17 bits per heavy atom. The number of rotatable bonds is 3. The summed E-state index contributed by atoms with van der Waals surface area (Å²) in [5.74, 6) is 0.783. The van der Waals surface area contributed by atoms with E-state index in [2.05, 4.69) is 38.7 Å². The van der Waals surface area contributed by atoms with E-state index in [-0.39, 0.29) is 6.04 Å². The number of hydrogen-bond acceptors (Lipinski definition) is 5. The van der Waals surface area contributed by atoms with Gasteiger partial charge in [-0.1, -0.05) is 6.07 Å². The van der Waals surface area contributed by atoms with Gasteiger partial charge in [0.05, 0.1) is 29.8 Å². The monoisotopic (exact) mass is 381 g/mol. The van der Waals surface area contributed by atoms with Gasteiger partial charge in [0.25, 0.3) is 0 Å². The number of H-pyrrole nitrogens is 1. The van der Waals surface area contributed by atoms with Crippen molar-refractivity contribution in [2.75, 3.05) is 11.9 Å². The van der Waals surface area contributed by atoms with Crippen molar-refractivity contribution in [3.8, 4) is 23.1 Å². The van der Waals surface area contributed by atoms with Gasteiger partial charge >= 0.3 is 0 Å². The van der Waals surface area contributed by atoms with E-state index in [9.17, 15) is 0 Å². The average Bonchev–Trinajstić information content (AvgIpc) is 3.17. The third-order valence-corrected chi connectivity index (χ3v) is 5.26. The van der Waals surface area contributed by atoms with Gasteiger partial charge in [-0.3, -0.25) is 10.1 Å². The summed E-state index contributed by atoms with van der Waals surface area (Å²) in [4.78, 5) is 4.28. The van der Waals surface area contributed by atoms with Crippen LogP contribution in [0.4, 0.5) is 5.69 Å². The number of ether oxygens (including phenoxy) is 1. The lowest BCUT2D eigenvalue weighted by Crippen LogP contribution is -2.20. The second-order valence-corrected chi connectivity index (χ2v) is 7.22. The summed E-state index contributed by atoms with van der Waals surface area (Å²) in [7, 11) is 0. The minimum absolute atomic E-state index is 0.127. The molecule has 1 aliphatic heterocycles. The topological polar surface area (TPSA) is 86.6 Å². The number of fused-ring (bicyclic) bond motifs is 2. The Morgan fingerprint density at radius 3 is 2.97 bits per heavy atom. The van der Waals surface area contributed by atoms with Crippen LogP contribution in [0.5, 0.6) is 5.75 Å². The molecular weight excluding hydrogens is 362 g/mol. The van der Waals surface area contributed by atoms with Crippen molar-refractivity contribution in [1.82, 2.24) is 15.2 Å². The zero-order chi connectivity index (χ0) is 19.8. The van der Waals surface area contributed by atoms with Crippen molar-refractivity contribution in [1.29, 1.82) is 5.26 Å². The molecule has 0 unspecified atom stereocenters. The molecular formula is C23H19N5O. The summed E-state index contributed by atoms with van der Waals surface area (Å²) in [5.41, 5.74) is 6.62. The highest BCUT2D eigenvalue weighted by Crippen LogP contribution is 2.36. The molecule has 2 aromatic carbocycles. The summed E-state index contributed by atoms with van der Waals surface area (Å²) in [6.45, 7) is 2.60. The number of nitrogens with one attached hydrogen (secondary N) is 2. The van der Waals surface area contributed by atoms with Gasteiger partial charge in [-0.15, -0.1) is 0 Å². The van der Waals surface area contributed by atoms with Gasteiger partial charge in [0.1, 0.15) is 11.4 Å². The Bertz CT molecular complexity index is 1250. The Balaban J connectivity index is 1.50. The number of nitriles is 1. The van der Waals surface area contributed by atoms with E-state index in [1.807, 2.05) is 49.5 Å². The minimum Gasteiger partial charge on any atom is -0.493 e. The van der Waals surface area contributed by atoms with Crippen molar-refractivity contribution in [2.24, 2.45) is 0 Å². The fourth-order valence-electron chi connectivity index (χ4n) is 3.83. The second-order valence-electron chi connectivity index (χ2n) is 7.22. The van der Waals surface area contributed by atoms with Crippen LogP contribution in [0, 0.1) is 18.3 Å². The van der Waals surface area contributed by atoms with Crippen molar-refractivity contribution < 1.29 is 4.74 Å². The normalized spacial score (nSPS) is 15.4. The van der Waals surface area contributed by atoms with Gasteiger partial charge in [0.15, 0.2) is 0 Å². The van der Waals surface area contributed by atoms with Crippen molar-refractivity contribution in [2.45, 2.75) is 19.4 Å². The fraction of sp³-hybridized carbons (Fsp3) is 0.174. The molecule has 142 valence electrons. The van der Waals surface area contributed by atoms with Crippen molar-refractivity contribution >= 4 is 16.6 Å². The molecule has 6 heteroatoms. The SMILES string of the molecule is Cc1cc(-c2n[nH]c3ccc(N[C@@H]4CCOc5cc(C#N)ccc54)cc23)ccn1. The number of nitrogens with zero attached hydrogens (tertiary/aromatic N) is 3. The maximum atomic E-state index is 9.12. The Hall–Kier alpha value is -3.85. The molecule has 6 nitrogen and oxygen atoms in total. The van der Waals surface area contributed by atoms with Crippen LogP contribution in [0.2, 0.25) is 0 Å². The number of aryl methyl sites for hydroxylation is 1. The van der Waals surface area contributed by atoms with E-state index in [4.69, 9.17) is 10.00 Å². The molecule has 1 aliphatic rings. The third-order valence-electron chi connectivity index (χ3n) is 5.26. The maximum absolute atomic E-state index is 9.12. The van der Waals surface area contributed by atoms with Crippen molar-refractivity contribution in [3.63, 3.8) is 0 Å². The molecule has 0 amide bonds. The molecule has 29 heavy (non-hydrogen) atoms. The first-order valence-corrected chi connectivity index (χ1v) is 9.56. The molecule has 2 N–H and O–H groups in total. The highest BCUT2D eigenvalue weighted by Gasteiger charge is 2.22. The summed E-state index contributed by atoms with van der Waals surface area (Å²) >= 11 is 0. The number of aromatic amines is 1. The van der Waals surface area contributed by atoms with Gasteiger partial charge in [-0.25, -0.2) is 0 Å². The standard InChI is InChI=1S/C23H19N5O/c1-14-10-16(6-8-25-14)23-19-12-17(3-5-21(19)27-28-23)26-20-7-9-29-22-11-15(13-24)2-4-18(20)22/h2-6,8,10-12,20,26H,7,9H2,1H3,(H,27,28)/t20-/m1/s1. The third kappa shape index (κ3) is 3.17. The number of benzene rings is 2. The number of pyridine rings is 1. The predicted molar refractivity (Wildman–Crippen MR) is 112 cm³/mol. The number of anilines is 1. The van der Waals surface area contributed by atoms with Crippen LogP contribution >= 0.6 is 0 Å². The van der Waals surface area contributed by atoms with Crippen LogP contribution in [0.3, 0.4) is 0 Å². The second kappa shape index (κ2) is 6.95. The molecule has 1 atom stereocenters. The first kappa shape index (κ1) is 17.3. The van der Waals surface area contributed by atoms with Crippen LogP contribution in [-0.4, -0.2) is 21.8 Å². The van der Waals surface area contributed by atoms with Crippen LogP contribution in [0.15, 0.2) is 54.7 Å². The summed E-state index contributed by atoms with van der Waals surface area (Å²) in [5, 5.41) is 21.5. The Labute approximate surface area is 168 Å². The largest absolute Gasteiger partial charge is 0.493 e. The molecule has 5 rings (SSSR count). The summed E-state index contributed by atoms with van der Waals surface area (Å²) < 4.78 is 5.77. The van der Waals surface area contributed by atoms with Crippen LogP contribution < -0.4 is 10.1 Å².